The minimum atomic E-state index is 0.598. The molecule has 0 saturated heterocycles. The summed E-state index contributed by atoms with van der Waals surface area (Å²) in [6.07, 6.45) is 0. The topological polar surface area (TPSA) is 51.8 Å². The standard InChI is InChI=1S/C51H33N3O/c1-5-13-34(14-6-1)42-29-43(35-15-7-2-8-16-35)31-44(30-42)37-23-21-36(22-24-37)40-26-28-47-46(32-40)45-27-25-41(33-48(45)55-47)51-53-49(38-17-9-3-10-18-38)52-50(54-51)39-19-11-4-12-20-39/h1-33H. The van der Waals surface area contributed by atoms with E-state index in [-0.39, 0.29) is 0 Å². The second kappa shape index (κ2) is 13.8. The first-order valence-electron chi connectivity index (χ1n) is 18.4. The first-order chi connectivity index (χ1) is 27.2. The molecule has 0 radical (unpaired) electrons. The fourth-order valence-electron chi connectivity index (χ4n) is 7.28. The molecule has 0 N–H and O–H groups in total. The van der Waals surface area contributed by atoms with Crippen LogP contribution in [0.3, 0.4) is 0 Å². The van der Waals surface area contributed by atoms with Gasteiger partial charge in [-0.15, -0.1) is 0 Å². The van der Waals surface area contributed by atoms with Crippen LogP contribution in [0.5, 0.6) is 0 Å². The third-order valence-corrected chi connectivity index (χ3v) is 10.1. The van der Waals surface area contributed by atoms with Crippen LogP contribution in [-0.2, 0) is 0 Å². The van der Waals surface area contributed by atoms with E-state index >= 15 is 0 Å². The first kappa shape index (κ1) is 32.2. The molecule has 0 aliphatic heterocycles. The molecule has 0 fully saturated rings. The highest BCUT2D eigenvalue weighted by molar-refractivity contribution is 6.07. The molecule has 0 aliphatic carbocycles. The minimum absolute atomic E-state index is 0.598. The lowest BCUT2D eigenvalue weighted by Crippen LogP contribution is -2.00. The minimum Gasteiger partial charge on any atom is -0.456 e. The number of nitrogens with zero attached hydrogens (tertiary/aromatic N) is 3. The van der Waals surface area contributed by atoms with E-state index in [4.69, 9.17) is 19.4 Å². The Morgan fingerprint density at radius 2 is 0.618 bits per heavy atom. The Balaban J connectivity index is 0.995. The highest BCUT2D eigenvalue weighted by Crippen LogP contribution is 2.37. The second-order valence-corrected chi connectivity index (χ2v) is 13.7. The largest absolute Gasteiger partial charge is 0.456 e. The van der Waals surface area contributed by atoms with Gasteiger partial charge in [0.25, 0.3) is 0 Å². The molecule has 0 bridgehead atoms. The van der Waals surface area contributed by atoms with Crippen LogP contribution in [0.4, 0.5) is 0 Å². The SMILES string of the molecule is c1ccc(-c2cc(-c3ccccc3)cc(-c3ccc(-c4ccc5oc6cc(-c7nc(-c8ccccc8)nc(-c8ccccc8)n7)ccc6c5c4)cc3)c2)cc1. The van der Waals surface area contributed by atoms with Gasteiger partial charge in [0.05, 0.1) is 0 Å². The molecule has 0 atom stereocenters. The molecule has 2 aromatic heterocycles. The maximum Gasteiger partial charge on any atom is 0.164 e. The Labute approximate surface area is 319 Å². The Hall–Kier alpha value is -7.43. The lowest BCUT2D eigenvalue weighted by atomic mass is 9.92. The van der Waals surface area contributed by atoms with Crippen molar-refractivity contribution < 1.29 is 4.42 Å². The highest BCUT2D eigenvalue weighted by Gasteiger charge is 2.15. The highest BCUT2D eigenvalue weighted by atomic mass is 16.3. The summed E-state index contributed by atoms with van der Waals surface area (Å²) in [7, 11) is 0. The summed E-state index contributed by atoms with van der Waals surface area (Å²) in [6.45, 7) is 0. The van der Waals surface area contributed by atoms with E-state index in [2.05, 4.69) is 133 Å². The molecule has 0 saturated carbocycles. The van der Waals surface area contributed by atoms with Gasteiger partial charge in [0.1, 0.15) is 11.2 Å². The van der Waals surface area contributed by atoms with Crippen molar-refractivity contribution in [1.82, 2.24) is 15.0 Å². The van der Waals surface area contributed by atoms with Crippen molar-refractivity contribution in [3.8, 4) is 78.7 Å². The van der Waals surface area contributed by atoms with Gasteiger partial charge in [-0.2, -0.15) is 0 Å². The van der Waals surface area contributed by atoms with Gasteiger partial charge in [-0.1, -0.05) is 158 Å². The molecule has 4 heteroatoms. The van der Waals surface area contributed by atoms with Gasteiger partial charge in [-0.05, 0) is 87.0 Å². The van der Waals surface area contributed by atoms with Gasteiger partial charge >= 0.3 is 0 Å². The van der Waals surface area contributed by atoms with Crippen molar-refractivity contribution in [2.24, 2.45) is 0 Å². The molecule has 258 valence electrons. The van der Waals surface area contributed by atoms with Gasteiger partial charge in [-0.25, -0.2) is 15.0 Å². The smallest absolute Gasteiger partial charge is 0.164 e. The molecule has 2 heterocycles. The summed E-state index contributed by atoms with van der Waals surface area (Å²) in [6, 6.07) is 69.6. The fraction of sp³-hybridized carbons (Fsp3) is 0. The van der Waals surface area contributed by atoms with E-state index in [0.29, 0.717) is 17.5 Å². The molecule has 4 nitrogen and oxygen atoms in total. The predicted octanol–water partition coefficient (Wildman–Crippen LogP) is 13.4. The van der Waals surface area contributed by atoms with Crippen LogP contribution in [-0.4, -0.2) is 15.0 Å². The summed E-state index contributed by atoms with van der Waals surface area (Å²) in [5.41, 5.74) is 13.8. The van der Waals surface area contributed by atoms with E-state index in [9.17, 15) is 0 Å². The van der Waals surface area contributed by atoms with E-state index in [1.807, 2.05) is 66.7 Å². The molecule has 8 aromatic carbocycles. The van der Waals surface area contributed by atoms with Gasteiger partial charge in [-0.3, -0.25) is 0 Å². The number of aromatic nitrogens is 3. The van der Waals surface area contributed by atoms with E-state index in [1.54, 1.807) is 0 Å². The number of rotatable bonds is 7. The van der Waals surface area contributed by atoms with Crippen LogP contribution in [0.1, 0.15) is 0 Å². The molecular weight excluding hydrogens is 671 g/mol. The Morgan fingerprint density at radius 3 is 1.11 bits per heavy atom. The zero-order chi connectivity index (χ0) is 36.6. The van der Waals surface area contributed by atoms with Gasteiger partial charge < -0.3 is 4.42 Å². The van der Waals surface area contributed by atoms with E-state index in [1.165, 1.54) is 33.4 Å². The number of benzene rings is 8. The number of furan rings is 1. The van der Waals surface area contributed by atoms with Crippen molar-refractivity contribution in [3.63, 3.8) is 0 Å². The van der Waals surface area contributed by atoms with Crippen molar-refractivity contribution in [1.29, 1.82) is 0 Å². The lowest BCUT2D eigenvalue weighted by Gasteiger charge is -2.12. The van der Waals surface area contributed by atoms with Crippen molar-refractivity contribution in [2.45, 2.75) is 0 Å². The summed E-state index contributed by atoms with van der Waals surface area (Å²) < 4.78 is 6.44. The molecule has 10 aromatic rings. The van der Waals surface area contributed by atoms with Crippen LogP contribution >= 0.6 is 0 Å². The third-order valence-electron chi connectivity index (χ3n) is 10.1. The second-order valence-electron chi connectivity index (χ2n) is 13.7. The molecular formula is C51H33N3O. The summed E-state index contributed by atoms with van der Waals surface area (Å²) in [5.74, 6) is 1.86. The fourth-order valence-corrected chi connectivity index (χ4v) is 7.28. The number of hydrogen-bond donors (Lipinski definition) is 0. The van der Waals surface area contributed by atoms with Crippen LogP contribution in [0.25, 0.3) is 101 Å². The number of fused-ring (bicyclic) bond motifs is 3. The third kappa shape index (κ3) is 6.36. The van der Waals surface area contributed by atoms with E-state index in [0.717, 1.165) is 49.8 Å². The van der Waals surface area contributed by atoms with Gasteiger partial charge in [0.15, 0.2) is 17.5 Å². The maximum atomic E-state index is 6.44. The molecule has 55 heavy (non-hydrogen) atoms. The normalized spacial score (nSPS) is 11.3. The van der Waals surface area contributed by atoms with Gasteiger partial charge in [0, 0.05) is 27.5 Å². The quantitative estimate of drug-likeness (QED) is 0.166. The van der Waals surface area contributed by atoms with Crippen molar-refractivity contribution in [2.75, 3.05) is 0 Å². The average Bonchev–Trinajstić information content (AvgIpc) is 3.65. The first-order valence-corrected chi connectivity index (χ1v) is 18.4. The van der Waals surface area contributed by atoms with Crippen LogP contribution in [0, 0.1) is 0 Å². The number of hydrogen-bond acceptors (Lipinski definition) is 4. The summed E-state index contributed by atoms with van der Waals surface area (Å²) >= 11 is 0. The van der Waals surface area contributed by atoms with Crippen LogP contribution < -0.4 is 0 Å². The van der Waals surface area contributed by atoms with Crippen molar-refractivity contribution >= 4 is 21.9 Å². The molecule has 0 spiro atoms. The molecule has 0 aliphatic rings. The maximum absolute atomic E-state index is 6.44. The van der Waals surface area contributed by atoms with Crippen LogP contribution in [0.15, 0.2) is 205 Å². The van der Waals surface area contributed by atoms with Crippen LogP contribution in [0.2, 0.25) is 0 Å². The molecule has 0 unspecified atom stereocenters. The molecule has 10 rings (SSSR count). The summed E-state index contributed by atoms with van der Waals surface area (Å²) in [5, 5.41) is 2.11. The Bertz CT molecular complexity index is 2820. The molecule has 0 amide bonds. The zero-order valence-corrected chi connectivity index (χ0v) is 29.8. The van der Waals surface area contributed by atoms with Crippen molar-refractivity contribution in [3.05, 3.63) is 200 Å². The monoisotopic (exact) mass is 703 g/mol. The van der Waals surface area contributed by atoms with E-state index < -0.39 is 0 Å². The average molecular weight is 704 g/mol. The zero-order valence-electron chi connectivity index (χ0n) is 29.8. The Morgan fingerprint density at radius 1 is 0.236 bits per heavy atom. The summed E-state index contributed by atoms with van der Waals surface area (Å²) in [4.78, 5) is 14.7. The Kier molecular flexibility index (Phi) is 8.12. The predicted molar refractivity (Wildman–Crippen MR) is 225 cm³/mol. The van der Waals surface area contributed by atoms with Gasteiger partial charge in [0.2, 0.25) is 0 Å². The lowest BCUT2D eigenvalue weighted by molar-refractivity contribution is 0.669.